The second-order valence-corrected chi connectivity index (χ2v) is 5.20. The molecule has 1 fully saturated rings. The van der Waals surface area contributed by atoms with Crippen LogP contribution in [0, 0.1) is 6.92 Å². The number of rotatable bonds is 2. The second-order valence-electron chi connectivity index (χ2n) is 5.20. The third kappa shape index (κ3) is 2.30. The number of nitrogens with zero attached hydrogens (tertiary/aromatic N) is 3. The molecular weight excluding hydrogens is 216 g/mol. The number of hydrogen-bond acceptors (Lipinski definition) is 4. The molecule has 96 valence electrons. The minimum absolute atomic E-state index is 0.516. The predicted molar refractivity (Wildman–Crippen MR) is 67.9 cm³/mol. The van der Waals surface area contributed by atoms with Crippen molar-refractivity contribution in [2.45, 2.75) is 38.8 Å². The van der Waals surface area contributed by atoms with E-state index in [9.17, 15) is 5.11 Å². The van der Waals surface area contributed by atoms with Crippen molar-refractivity contribution >= 4 is 5.82 Å². The Hall–Kier alpha value is -1.07. The highest BCUT2D eigenvalue weighted by atomic mass is 16.3. The first-order valence-electron chi connectivity index (χ1n) is 6.14. The summed E-state index contributed by atoms with van der Waals surface area (Å²) in [6.45, 7) is 6.13. The molecule has 0 amide bonds. The molecule has 1 saturated heterocycles. The summed E-state index contributed by atoms with van der Waals surface area (Å²) in [5, 5.41) is 14.4. The van der Waals surface area contributed by atoms with E-state index < -0.39 is 5.60 Å². The van der Waals surface area contributed by atoms with Gasteiger partial charge in [-0.2, -0.15) is 5.10 Å². The van der Waals surface area contributed by atoms with Crippen LogP contribution in [-0.4, -0.2) is 33.6 Å². The van der Waals surface area contributed by atoms with Crippen molar-refractivity contribution in [2.24, 2.45) is 12.8 Å². The highest BCUT2D eigenvalue weighted by molar-refractivity contribution is 5.50. The van der Waals surface area contributed by atoms with E-state index in [1.54, 1.807) is 0 Å². The molecule has 1 aliphatic heterocycles. The first-order valence-corrected chi connectivity index (χ1v) is 6.14. The molecule has 0 unspecified atom stereocenters. The van der Waals surface area contributed by atoms with Crippen molar-refractivity contribution in [3.63, 3.8) is 0 Å². The summed E-state index contributed by atoms with van der Waals surface area (Å²) in [5.74, 6) is 1.11. The van der Waals surface area contributed by atoms with Gasteiger partial charge in [0, 0.05) is 32.2 Å². The van der Waals surface area contributed by atoms with Crippen LogP contribution in [-0.2, 0) is 13.6 Å². The Morgan fingerprint density at radius 3 is 2.53 bits per heavy atom. The van der Waals surface area contributed by atoms with Crippen LogP contribution in [0.4, 0.5) is 5.82 Å². The SMILES string of the molecule is Cc1nn(C)c(N2CCC(C)(O)CC2)c1CN. The van der Waals surface area contributed by atoms with E-state index in [1.807, 2.05) is 25.6 Å². The molecule has 2 rings (SSSR count). The van der Waals surface area contributed by atoms with Crippen molar-refractivity contribution < 1.29 is 5.11 Å². The van der Waals surface area contributed by atoms with Gasteiger partial charge >= 0.3 is 0 Å². The number of anilines is 1. The summed E-state index contributed by atoms with van der Waals surface area (Å²) in [5.41, 5.74) is 7.40. The molecule has 0 spiro atoms. The quantitative estimate of drug-likeness (QED) is 0.789. The molecule has 1 aromatic heterocycles. The molecule has 5 nitrogen and oxygen atoms in total. The average molecular weight is 238 g/mol. The monoisotopic (exact) mass is 238 g/mol. The lowest BCUT2D eigenvalue weighted by Crippen LogP contribution is -2.43. The number of hydrogen-bond donors (Lipinski definition) is 2. The molecule has 3 N–H and O–H groups in total. The largest absolute Gasteiger partial charge is 0.390 e. The smallest absolute Gasteiger partial charge is 0.131 e. The van der Waals surface area contributed by atoms with Crippen LogP contribution in [0.2, 0.25) is 0 Å². The van der Waals surface area contributed by atoms with Crippen molar-refractivity contribution in [3.05, 3.63) is 11.3 Å². The van der Waals surface area contributed by atoms with E-state index >= 15 is 0 Å². The van der Waals surface area contributed by atoms with Crippen molar-refractivity contribution in [1.82, 2.24) is 9.78 Å². The van der Waals surface area contributed by atoms with Crippen LogP contribution in [0.1, 0.15) is 31.0 Å². The molecule has 0 atom stereocenters. The number of nitrogens with two attached hydrogens (primary N) is 1. The molecule has 0 radical (unpaired) electrons. The van der Waals surface area contributed by atoms with Gasteiger partial charge in [0.15, 0.2) is 0 Å². The van der Waals surface area contributed by atoms with Crippen LogP contribution in [0.25, 0.3) is 0 Å². The van der Waals surface area contributed by atoms with Gasteiger partial charge in [-0.05, 0) is 26.7 Å². The summed E-state index contributed by atoms with van der Waals surface area (Å²) in [7, 11) is 1.95. The summed E-state index contributed by atoms with van der Waals surface area (Å²) < 4.78 is 1.90. The molecule has 0 aliphatic carbocycles. The molecule has 1 aliphatic rings. The van der Waals surface area contributed by atoms with Crippen molar-refractivity contribution in [2.75, 3.05) is 18.0 Å². The predicted octanol–water partition coefficient (Wildman–Crippen LogP) is 0.538. The first-order chi connectivity index (χ1) is 7.94. The summed E-state index contributed by atoms with van der Waals surface area (Å²) in [6.07, 6.45) is 1.59. The van der Waals surface area contributed by atoms with Gasteiger partial charge in [-0.15, -0.1) is 0 Å². The molecule has 1 aromatic rings. The summed E-state index contributed by atoms with van der Waals surface area (Å²) in [6, 6.07) is 0. The van der Waals surface area contributed by atoms with Crippen molar-refractivity contribution in [1.29, 1.82) is 0 Å². The van der Waals surface area contributed by atoms with E-state index in [0.29, 0.717) is 6.54 Å². The zero-order valence-corrected chi connectivity index (χ0v) is 10.9. The molecule has 0 aromatic carbocycles. The third-order valence-corrected chi connectivity index (χ3v) is 3.66. The second kappa shape index (κ2) is 4.31. The topological polar surface area (TPSA) is 67.3 Å². The molecule has 17 heavy (non-hydrogen) atoms. The molecule has 0 bridgehead atoms. The van der Waals surface area contributed by atoms with Gasteiger partial charge in [0.05, 0.1) is 11.3 Å². The fraction of sp³-hybridized carbons (Fsp3) is 0.750. The number of aromatic nitrogens is 2. The van der Waals surface area contributed by atoms with Crippen molar-refractivity contribution in [3.8, 4) is 0 Å². The van der Waals surface area contributed by atoms with E-state index in [-0.39, 0.29) is 0 Å². The Bertz CT molecular complexity index is 401. The fourth-order valence-electron chi connectivity index (χ4n) is 2.52. The maximum absolute atomic E-state index is 9.97. The molecule has 2 heterocycles. The normalized spacial score (nSPS) is 19.7. The lowest BCUT2D eigenvalue weighted by molar-refractivity contribution is 0.0348. The zero-order chi connectivity index (χ0) is 12.6. The Labute approximate surface area is 102 Å². The summed E-state index contributed by atoms with van der Waals surface area (Å²) >= 11 is 0. The van der Waals surface area contributed by atoms with Gasteiger partial charge in [0.1, 0.15) is 5.82 Å². The third-order valence-electron chi connectivity index (χ3n) is 3.66. The lowest BCUT2D eigenvalue weighted by atomic mass is 9.93. The van der Waals surface area contributed by atoms with Gasteiger partial charge in [-0.25, -0.2) is 0 Å². The average Bonchev–Trinajstić information content (AvgIpc) is 2.53. The first kappa shape index (κ1) is 12.4. The van der Waals surface area contributed by atoms with Gasteiger partial charge in [0.2, 0.25) is 0 Å². The summed E-state index contributed by atoms with van der Waals surface area (Å²) in [4.78, 5) is 2.28. The zero-order valence-electron chi connectivity index (χ0n) is 10.9. The maximum atomic E-state index is 9.97. The fourth-order valence-corrected chi connectivity index (χ4v) is 2.52. The highest BCUT2D eigenvalue weighted by Crippen LogP contribution is 2.29. The molecule has 0 saturated carbocycles. The van der Waals surface area contributed by atoms with Crippen LogP contribution in [0.3, 0.4) is 0 Å². The van der Waals surface area contributed by atoms with E-state index in [0.717, 1.165) is 43.0 Å². The van der Waals surface area contributed by atoms with E-state index in [4.69, 9.17) is 5.73 Å². The van der Waals surface area contributed by atoms with Crippen LogP contribution in [0.15, 0.2) is 0 Å². The standard InChI is InChI=1S/C12H22N4O/c1-9-10(8-13)11(15(3)14-9)16-6-4-12(2,17)5-7-16/h17H,4-8,13H2,1-3H3. The number of aliphatic hydroxyl groups is 1. The van der Waals surface area contributed by atoms with Gasteiger partial charge in [-0.3, -0.25) is 4.68 Å². The van der Waals surface area contributed by atoms with Crippen LogP contribution < -0.4 is 10.6 Å². The Morgan fingerprint density at radius 2 is 2.00 bits per heavy atom. The Balaban J connectivity index is 2.24. The Kier molecular flexibility index (Phi) is 3.14. The lowest BCUT2D eigenvalue weighted by Gasteiger charge is -2.37. The maximum Gasteiger partial charge on any atom is 0.131 e. The van der Waals surface area contributed by atoms with E-state index in [1.165, 1.54) is 0 Å². The van der Waals surface area contributed by atoms with Gasteiger partial charge in [0.25, 0.3) is 0 Å². The molecule has 5 heteroatoms. The Morgan fingerprint density at radius 1 is 1.41 bits per heavy atom. The number of piperidine rings is 1. The minimum Gasteiger partial charge on any atom is -0.390 e. The highest BCUT2D eigenvalue weighted by Gasteiger charge is 2.29. The van der Waals surface area contributed by atoms with Crippen LogP contribution in [0.5, 0.6) is 0 Å². The molecular formula is C12H22N4O. The van der Waals surface area contributed by atoms with E-state index in [2.05, 4.69) is 10.00 Å². The van der Waals surface area contributed by atoms with Crippen LogP contribution >= 0.6 is 0 Å². The van der Waals surface area contributed by atoms with Gasteiger partial charge in [-0.1, -0.05) is 0 Å². The van der Waals surface area contributed by atoms with Gasteiger partial charge < -0.3 is 15.7 Å². The number of aryl methyl sites for hydroxylation is 2. The minimum atomic E-state index is -0.521.